The number of aliphatic imine (C=N–C) groups is 2. The van der Waals surface area contributed by atoms with E-state index in [0.717, 1.165) is 39.1 Å². The molecule has 3 aromatic carbocycles. The van der Waals surface area contributed by atoms with Crippen LogP contribution in [0.5, 0.6) is 0 Å². The van der Waals surface area contributed by atoms with Crippen molar-refractivity contribution >= 4 is 28.4 Å². The topological polar surface area (TPSA) is 24.7 Å². The van der Waals surface area contributed by atoms with Gasteiger partial charge in [-0.2, -0.15) is 0 Å². The molecule has 0 saturated heterocycles. The number of terminal acetylenes is 1. The summed E-state index contributed by atoms with van der Waals surface area (Å²) in [4.78, 5) is 9.92. The van der Waals surface area contributed by atoms with Gasteiger partial charge in [-0.15, -0.1) is 12.8 Å². The summed E-state index contributed by atoms with van der Waals surface area (Å²) in [5.74, 6) is 0.620. The van der Waals surface area contributed by atoms with Crippen molar-refractivity contribution in [1.82, 2.24) is 0 Å². The minimum Gasteiger partial charge on any atom is -0.233 e. The highest BCUT2D eigenvalue weighted by atomic mass is 14.9. The number of rotatable bonds is 9. The Hall–Kier alpha value is -5.00. The molecule has 0 aliphatic carbocycles. The van der Waals surface area contributed by atoms with Gasteiger partial charge in [0.2, 0.25) is 0 Å². The van der Waals surface area contributed by atoms with Crippen LogP contribution in [0.1, 0.15) is 61.1 Å². The number of hydrogen-bond donors (Lipinski definition) is 0. The molecule has 0 spiro atoms. The van der Waals surface area contributed by atoms with Gasteiger partial charge in [0.05, 0.1) is 5.70 Å². The van der Waals surface area contributed by atoms with E-state index in [9.17, 15) is 0 Å². The summed E-state index contributed by atoms with van der Waals surface area (Å²) < 4.78 is 0. The molecule has 2 heteroatoms. The van der Waals surface area contributed by atoms with Gasteiger partial charge in [0.25, 0.3) is 0 Å². The van der Waals surface area contributed by atoms with Crippen molar-refractivity contribution in [1.29, 1.82) is 0 Å². The van der Waals surface area contributed by atoms with Crippen molar-refractivity contribution in [2.75, 3.05) is 0 Å². The van der Waals surface area contributed by atoms with E-state index in [4.69, 9.17) is 9.98 Å². The van der Waals surface area contributed by atoms with E-state index in [0.29, 0.717) is 11.5 Å². The zero-order chi connectivity index (χ0) is 30.2. The van der Waals surface area contributed by atoms with Gasteiger partial charge in [-0.3, -0.25) is 0 Å². The molecule has 3 aromatic rings. The van der Waals surface area contributed by atoms with Crippen molar-refractivity contribution in [2.24, 2.45) is 9.98 Å². The zero-order valence-corrected chi connectivity index (χ0v) is 24.9. The van der Waals surface area contributed by atoms with Gasteiger partial charge in [0.1, 0.15) is 0 Å². The first kappa shape index (κ1) is 32.2. The molecule has 0 aliphatic heterocycles. The zero-order valence-electron chi connectivity index (χ0n) is 24.9. The lowest BCUT2D eigenvalue weighted by Gasteiger charge is -2.10. The van der Waals surface area contributed by atoms with Crippen molar-refractivity contribution in [3.63, 3.8) is 0 Å². The molecule has 0 amide bonds. The highest BCUT2D eigenvalue weighted by molar-refractivity contribution is 6.12. The molecule has 0 aromatic heterocycles. The van der Waals surface area contributed by atoms with Crippen LogP contribution in [0.25, 0.3) is 16.8 Å². The number of aryl methyl sites for hydroxylation is 1. The lowest BCUT2D eigenvalue weighted by Crippen LogP contribution is -2.04. The highest BCUT2D eigenvalue weighted by Crippen LogP contribution is 2.23. The molecule has 0 atom stereocenters. The Morgan fingerprint density at radius 2 is 1.20 bits per heavy atom. The van der Waals surface area contributed by atoms with E-state index >= 15 is 0 Å². The molecule has 206 valence electrons. The van der Waals surface area contributed by atoms with Crippen LogP contribution in [0.4, 0.5) is 0 Å². The smallest absolute Gasteiger partial charge is 0.160 e. The van der Waals surface area contributed by atoms with Crippen molar-refractivity contribution in [2.45, 2.75) is 34.6 Å². The summed E-state index contributed by atoms with van der Waals surface area (Å²) in [6, 6.07) is 25.0. The maximum absolute atomic E-state index is 4.98. The van der Waals surface area contributed by atoms with Crippen LogP contribution in [0, 0.1) is 19.8 Å². The molecule has 0 N–H and O–H groups in total. The maximum atomic E-state index is 4.98. The Balaban J connectivity index is 0.00000287. The van der Waals surface area contributed by atoms with E-state index in [-0.39, 0.29) is 0 Å². The third-order valence-corrected chi connectivity index (χ3v) is 6.36. The van der Waals surface area contributed by atoms with Crippen LogP contribution in [-0.4, -0.2) is 11.5 Å². The molecule has 0 saturated carbocycles. The highest BCUT2D eigenvalue weighted by Gasteiger charge is 2.09. The summed E-state index contributed by atoms with van der Waals surface area (Å²) in [5, 5.41) is 0. The molecule has 0 bridgehead atoms. The Labute approximate surface area is 247 Å². The summed E-state index contributed by atoms with van der Waals surface area (Å²) in [5.41, 5.74) is 10.2. The minimum atomic E-state index is 0.620. The van der Waals surface area contributed by atoms with E-state index in [1.54, 1.807) is 0 Å². The molecule has 0 fully saturated rings. The minimum absolute atomic E-state index is 0.620. The summed E-state index contributed by atoms with van der Waals surface area (Å²) in [7, 11) is 0. The molecule has 0 unspecified atom stereocenters. The standard InChI is InChI=1S/C37H38N2.C2H2/c1-8-12-14-31(11-4)35-23-25-36(26-24-35)37(38-28(6)32-17-15-27(5)16-18-32)39-29(7)33-19-21-34(22-20-33)30(10-3)13-9-2;1-2/h8-26H,4,7H2,1-3,5-6H3;1-2H/b12-8-,13-9-,30-10+,31-14+,38-28?,39-37?;. The van der Waals surface area contributed by atoms with Crippen LogP contribution >= 0.6 is 0 Å². The number of benzene rings is 3. The molecule has 0 aliphatic rings. The van der Waals surface area contributed by atoms with Gasteiger partial charge >= 0.3 is 0 Å². The van der Waals surface area contributed by atoms with Gasteiger partial charge in [-0.25, -0.2) is 9.98 Å². The van der Waals surface area contributed by atoms with Crippen molar-refractivity contribution in [3.05, 3.63) is 162 Å². The molecule has 0 heterocycles. The first-order valence-electron chi connectivity index (χ1n) is 13.6. The van der Waals surface area contributed by atoms with E-state index in [1.165, 1.54) is 11.1 Å². The maximum Gasteiger partial charge on any atom is 0.160 e. The Morgan fingerprint density at radius 3 is 1.71 bits per heavy atom. The Kier molecular flexibility index (Phi) is 13.2. The van der Waals surface area contributed by atoms with Crippen LogP contribution in [0.3, 0.4) is 0 Å². The number of allylic oxidation sites excluding steroid dienone is 9. The second-order valence-corrected chi connectivity index (χ2v) is 9.20. The third kappa shape index (κ3) is 9.31. The molecular formula is C39H40N2. The first-order chi connectivity index (χ1) is 19.9. The normalized spacial score (nSPS) is 12.8. The lowest BCUT2D eigenvalue weighted by molar-refractivity contribution is 1.42. The molecule has 41 heavy (non-hydrogen) atoms. The van der Waals surface area contributed by atoms with E-state index < -0.39 is 0 Å². The van der Waals surface area contributed by atoms with Crippen molar-refractivity contribution in [3.8, 4) is 12.8 Å². The van der Waals surface area contributed by atoms with Gasteiger partial charge in [0, 0.05) is 11.3 Å². The second kappa shape index (κ2) is 16.9. The van der Waals surface area contributed by atoms with Crippen LogP contribution in [0.2, 0.25) is 0 Å². The Morgan fingerprint density at radius 1 is 0.683 bits per heavy atom. The van der Waals surface area contributed by atoms with E-state index in [1.807, 2.05) is 52.0 Å². The largest absolute Gasteiger partial charge is 0.233 e. The molecule has 2 nitrogen and oxygen atoms in total. The van der Waals surface area contributed by atoms with Gasteiger partial charge in [0.15, 0.2) is 5.84 Å². The van der Waals surface area contributed by atoms with Crippen LogP contribution in [-0.2, 0) is 0 Å². The Bertz CT molecular complexity index is 1510. The van der Waals surface area contributed by atoms with Gasteiger partial charge < -0.3 is 0 Å². The fourth-order valence-electron chi connectivity index (χ4n) is 4.05. The molecule has 0 radical (unpaired) electrons. The summed E-state index contributed by atoms with van der Waals surface area (Å²) in [6.45, 7) is 18.4. The van der Waals surface area contributed by atoms with E-state index in [2.05, 4.69) is 124 Å². The number of amidine groups is 1. The fourth-order valence-corrected chi connectivity index (χ4v) is 4.05. The fraction of sp³-hybridized carbons (Fsp3) is 0.128. The summed E-state index contributed by atoms with van der Waals surface area (Å²) >= 11 is 0. The van der Waals surface area contributed by atoms with Crippen molar-refractivity contribution < 1.29 is 0 Å². The van der Waals surface area contributed by atoms with Gasteiger partial charge in [-0.05, 0) is 68.0 Å². The number of hydrogen-bond acceptors (Lipinski definition) is 1. The first-order valence-corrected chi connectivity index (χ1v) is 13.6. The predicted molar refractivity (Wildman–Crippen MR) is 183 cm³/mol. The molecule has 3 rings (SSSR count). The predicted octanol–water partition coefficient (Wildman–Crippen LogP) is 10.3. The second-order valence-electron chi connectivity index (χ2n) is 9.20. The van der Waals surface area contributed by atoms with Crippen LogP contribution < -0.4 is 0 Å². The average Bonchev–Trinajstić information content (AvgIpc) is 3.01. The SMILES string of the molecule is C#C.C=C/C(=C\C=C/C)c1ccc(C(N=C(C)c2ccc(C)cc2)=NC(=C)c2ccc(C(/C=C\C)=C/C)cc2)cc1. The lowest BCUT2D eigenvalue weighted by atomic mass is 10.0. The molecular weight excluding hydrogens is 496 g/mol. The third-order valence-electron chi connectivity index (χ3n) is 6.36. The monoisotopic (exact) mass is 536 g/mol. The average molecular weight is 537 g/mol. The quantitative estimate of drug-likeness (QED) is 0.112. The summed E-state index contributed by atoms with van der Waals surface area (Å²) in [6.07, 6.45) is 22.2. The van der Waals surface area contributed by atoms with Crippen LogP contribution in [0.15, 0.2) is 138 Å². The number of nitrogens with zero attached hydrogens (tertiary/aromatic N) is 2. The van der Waals surface area contributed by atoms with Gasteiger partial charge in [-0.1, -0.05) is 134 Å².